The van der Waals surface area contributed by atoms with E-state index in [4.69, 9.17) is 0 Å². The third kappa shape index (κ3) is 2.60. The fraction of sp³-hybridized carbons (Fsp3) is 0.500. The van der Waals surface area contributed by atoms with Crippen LogP contribution in [-0.4, -0.2) is 0 Å². The predicted molar refractivity (Wildman–Crippen MR) is 78.6 cm³/mol. The van der Waals surface area contributed by atoms with Gasteiger partial charge in [-0.1, -0.05) is 39.3 Å². The molecule has 1 heteroatoms. The Labute approximate surface area is 111 Å². The summed E-state index contributed by atoms with van der Waals surface area (Å²) >= 11 is 4.42. The zero-order valence-electron chi connectivity index (χ0n) is 10.9. The molecule has 0 saturated carbocycles. The number of fused-ring (bicyclic) bond motifs is 1. The van der Waals surface area contributed by atoms with Crippen molar-refractivity contribution in [2.45, 2.75) is 44.4 Å². The second-order valence-electron chi connectivity index (χ2n) is 5.19. The van der Waals surface area contributed by atoms with Gasteiger partial charge < -0.3 is 0 Å². The van der Waals surface area contributed by atoms with Crippen molar-refractivity contribution < 1.29 is 0 Å². The van der Waals surface area contributed by atoms with Crippen molar-refractivity contribution in [2.24, 2.45) is 11.8 Å². The summed E-state index contributed by atoms with van der Waals surface area (Å²) in [6.07, 6.45) is 5.05. The van der Waals surface area contributed by atoms with Gasteiger partial charge in [0.25, 0.3) is 0 Å². The molecule has 0 fully saturated rings. The molecule has 1 atom stereocenters. The quantitative estimate of drug-likeness (QED) is 0.711. The molecule has 17 heavy (non-hydrogen) atoms. The lowest BCUT2D eigenvalue weighted by molar-refractivity contribution is 0.404. The van der Waals surface area contributed by atoms with Crippen LogP contribution < -0.4 is 0 Å². The van der Waals surface area contributed by atoms with Crippen LogP contribution in [0.25, 0.3) is 5.57 Å². The number of hydrogen-bond donors (Lipinski definition) is 1. The minimum Gasteiger partial charge on any atom is -0.143 e. The van der Waals surface area contributed by atoms with Gasteiger partial charge >= 0.3 is 0 Å². The first-order chi connectivity index (χ1) is 8.15. The lowest BCUT2D eigenvalue weighted by atomic mass is 9.87. The molecule has 0 bridgehead atoms. The summed E-state index contributed by atoms with van der Waals surface area (Å²) in [6.45, 7) is 8.90. The average molecular weight is 246 g/mol. The van der Waals surface area contributed by atoms with Gasteiger partial charge in [-0.15, -0.1) is 12.6 Å². The third-order valence-electron chi connectivity index (χ3n) is 4.17. The SMILES string of the molecule is C=C1c2cc(S)ccc2CC1CC(CC)CC. The standard InChI is InChI=1S/C16H22S/c1-4-12(5-2)8-14-9-13-6-7-15(17)10-16(13)11(14)3/h6-7,10,12,14,17H,3-5,8-9H2,1-2H3. The number of hydrogen-bond acceptors (Lipinski definition) is 1. The van der Waals surface area contributed by atoms with Crippen LogP contribution in [0.15, 0.2) is 29.7 Å². The smallest absolute Gasteiger partial charge is 0.00462 e. The highest BCUT2D eigenvalue weighted by Crippen LogP contribution is 2.40. The Balaban J connectivity index is 2.14. The monoisotopic (exact) mass is 246 g/mol. The molecular formula is C16H22S. The van der Waals surface area contributed by atoms with Crippen LogP contribution in [-0.2, 0) is 6.42 Å². The van der Waals surface area contributed by atoms with E-state index in [1.54, 1.807) is 0 Å². The van der Waals surface area contributed by atoms with E-state index in [1.165, 1.54) is 42.4 Å². The van der Waals surface area contributed by atoms with Crippen LogP contribution in [0.3, 0.4) is 0 Å². The first-order valence-corrected chi connectivity index (χ1v) is 7.11. The molecule has 0 aliphatic heterocycles. The lowest BCUT2D eigenvalue weighted by Crippen LogP contribution is -2.07. The Morgan fingerprint density at radius 1 is 1.35 bits per heavy atom. The van der Waals surface area contributed by atoms with E-state index in [2.05, 4.69) is 51.3 Å². The van der Waals surface area contributed by atoms with Crippen LogP contribution in [0.5, 0.6) is 0 Å². The molecule has 0 amide bonds. The van der Waals surface area contributed by atoms with Gasteiger partial charge in [0.2, 0.25) is 0 Å². The van der Waals surface area contributed by atoms with Gasteiger partial charge in [-0.25, -0.2) is 0 Å². The molecule has 0 nitrogen and oxygen atoms in total. The van der Waals surface area contributed by atoms with Crippen molar-refractivity contribution in [1.82, 2.24) is 0 Å². The van der Waals surface area contributed by atoms with E-state index in [1.807, 2.05) is 0 Å². The number of allylic oxidation sites excluding steroid dienone is 1. The molecule has 1 unspecified atom stereocenters. The summed E-state index contributed by atoms with van der Waals surface area (Å²) in [5.41, 5.74) is 4.15. The average Bonchev–Trinajstić information content (AvgIpc) is 2.63. The zero-order valence-corrected chi connectivity index (χ0v) is 11.8. The van der Waals surface area contributed by atoms with Gasteiger partial charge in [0, 0.05) is 4.90 Å². The Kier molecular flexibility index (Phi) is 3.98. The summed E-state index contributed by atoms with van der Waals surface area (Å²) in [6, 6.07) is 6.48. The number of thiol groups is 1. The summed E-state index contributed by atoms with van der Waals surface area (Å²) < 4.78 is 0. The molecule has 0 spiro atoms. The summed E-state index contributed by atoms with van der Waals surface area (Å²) in [5, 5.41) is 0. The number of benzene rings is 1. The molecule has 0 N–H and O–H groups in total. The van der Waals surface area contributed by atoms with E-state index in [9.17, 15) is 0 Å². The highest BCUT2D eigenvalue weighted by Gasteiger charge is 2.26. The van der Waals surface area contributed by atoms with E-state index < -0.39 is 0 Å². The van der Waals surface area contributed by atoms with E-state index in [0.29, 0.717) is 5.92 Å². The Morgan fingerprint density at radius 2 is 2.06 bits per heavy atom. The van der Waals surface area contributed by atoms with Crippen molar-refractivity contribution >= 4 is 18.2 Å². The Hall–Kier alpha value is -0.690. The van der Waals surface area contributed by atoms with Gasteiger partial charge in [-0.2, -0.15) is 0 Å². The van der Waals surface area contributed by atoms with Crippen LogP contribution in [0.1, 0.15) is 44.2 Å². The molecule has 0 heterocycles. The maximum atomic E-state index is 4.42. The van der Waals surface area contributed by atoms with E-state index in [-0.39, 0.29) is 0 Å². The molecule has 1 aliphatic carbocycles. The zero-order chi connectivity index (χ0) is 12.4. The summed E-state index contributed by atoms with van der Waals surface area (Å²) in [5.74, 6) is 1.51. The van der Waals surface area contributed by atoms with Crippen LogP contribution >= 0.6 is 12.6 Å². The second kappa shape index (κ2) is 5.30. The maximum Gasteiger partial charge on any atom is 0.00462 e. The van der Waals surface area contributed by atoms with Gasteiger partial charge in [-0.3, -0.25) is 0 Å². The fourth-order valence-corrected chi connectivity index (χ4v) is 3.10. The molecule has 1 aromatic rings. The van der Waals surface area contributed by atoms with Gasteiger partial charge in [0.15, 0.2) is 0 Å². The molecule has 0 aromatic heterocycles. The Bertz CT molecular complexity index is 416. The molecule has 2 rings (SSSR count). The van der Waals surface area contributed by atoms with Crippen molar-refractivity contribution in [3.63, 3.8) is 0 Å². The molecule has 0 saturated heterocycles. The third-order valence-corrected chi connectivity index (χ3v) is 4.45. The van der Waals surface area contributed by atoms with Gasteiger partial charge in [0.1, 0.15) is 0 Å². The van der Waals surface area contributed by atoms with Crippen molar-refractivity contribution in [1.29, 1.82) is 0 Å². The maximum absolute atomic E-state index is 4.42. The second-order valence-corrected chi connectivity index (χ2v) is 5.70. The highest BCUT2D eigenvalue weighted by molar-refractivity contribution is 7.80. The van der Waals surface area contributed by atoms with Gasteiger partial charge in [0.05, 0.1) is 0 Å². The normalized spacial score (nSPS) is 18.8. The first kappa shape index (κ1) is 12.8. The first-order valence-electron chi connectivity index (χ1n) is 6.66. The molecule has 0 radical (unpaired) electrons. The topological polar surface area (TPSA) is 0 Å². The molecule has 1 aliphatic rings. The molecular weight excluding hydrogens is 224 g/mol. The Morgan fingerprint density at radius 3 is 2.71 bits per heavy atom. The van der Waals surface area contributed by atoms with Gasteiger partial charge in [-0.05, 0) is 53.5 Å². The van der Waals surface area contributed by atoms with Crippen molar-refractivity contribution in [3.05, 3.63) is 35.9 Å². The summed E-state index contributed by atoms with van der Waals surface area (Å²) in [7, 11) is 0. The van der Waals surface area contributed by atoms with Crippen LogP contribution in [0, 0.1) is 11.8 Å². The predicted octanol–water partition coefficient (Wildman–Crippen LogP) is 4.99. The van der Waals surface area contributed by atoms with Crippen LogP contribution in [0.4, 0.5) is 0 Å². The lowest BCUT2D eigenvalue weighted by Gasteiger charge is -2.18. The minimum absolute atomic E-state index is 0.657. The molecule has 1 aromatic carbocycles. The summed E-state index contributed by atoms with van der Waals surface area (Å²) in [4.78, 5) is 1.05. The largest absolute Gasteiger partial charge is 0.143 e. The van der Waals surface area contributed by atoms with Crippen molar-refractivity contribution in [2.75, 3.05) is 0 Å². The van der Waals surface area contributed by atoms with E-state index >= 15 is 0 Å². The van der Waals surface area contributed by atoms with E-state index in [0.717, 1.165) is 10.8 Å². The highest BCUT2D eigenvalue weighted by atomic mass is 32.1. The number of rotatable bonds is 4. The minimum atomic E-state index is 0.657. The molecule has 92 valence electrons. The fourth-order valence-electron chi connectivity index (χ4n) is 2.90. The van der Waals surface area contributed by atoms with Crippen molar-refractivity contribution in [3.8, 4) is 0 Å². The van der Waals surface area contributed by atoms with Crippen LogP contribution in [0.2, 0.25) is 0 Å².